The molecule has 1 atom stereocenters. The maximum Gasteiger partial charge on any atom is 0.223 e. The lowest BCUT2D eigenvalue weighted by molar-refractivity contribution is -0.125. The molecule has 1 aromatic carbocycles. The van der Waals surface area contributed by atoms with E-state index in [0.29, 0.717) is 6.54 Å². The fourth-order valence-electron chi connectivity index (χ4n) is 3.35. The van der Waals surface area contributed by atoms with Crippen molar-refractivity contribution in [2.24, 2.45) is 5.92 Å². The molecular weight excluding hydrogens is 344 g/mol. The summed E-state index contributed by atoms with van der Waals surface area (Å²) in [5.41, 5.74) is 5.34. The number of carbonyl (C=O) groups is 1. The predicted molar refractivity (Wildman–Crippen MR) is 102 cm³/mol. The van der Waals surface area contributed by atoms with Crippen LogP contribution >= 0.6 is 11.3 Å². The van der Waals surface area contributed by atoms with Crippen LogP contribution in [0.4, 0.5) is 0 Å². The maximum atomic E-state index is 12.6. The summed E-state index contributed by atoms with van der Waals surface area (Å²) in [6.45, 7) is 2.54. The normalized spacial score (nSPS) is 16.1. The Labute approximate surface area is 156 Å². The van der Waals surface area contributed by atoms with Gasteiger partial charge in [-0.25, -0.2) is 15.0 Å². The van der Waals surface area contributed by atoms with Gasteiger partial charge in [-0.15, -0.1) is 11.3 Å². The number of hydrogen-bond donors (Lipinski definition) is 1. The Morgan fingerprint density at radius 3 is 3.15 bits per heavy atom. The lowest BCUT2D eigenvalue weighted by Gasteiger charge is -2.22. The zero-order valence-corrected chi connectivity index (χ0v) is 15.4. The van der Waals surface area contributed by atoms with E-state index in [1.54, 1.807) is 17.7 Å². The molecule has 1 unspecified atom stereocenters. The molecule has 0 aliphatic heterocycles. The zero-order valence-electron chi connectivity index (χ0n) is 14.6. The molecule has 1 aliphatic carbocycles. The Morgan fingerprint density at radius 2 is 2.31 bits per heavy atom. The molecule has 3 aromatic rings. The van der Waals surface area contributed by atoms with E-state index in [4.69, 9.17) is 0 Å². The highest BCUT2D eigenvalue weighted by atomic mass is 32.1. The summed E-state index contributed by atoms with van der Waals surface area (Å²) in [5, 5.41) is 6.21. The van der Waals surface area contributed by atoms with Gasteiger partial charge in [-0.3, -0.25) is 4.79 Å². The molecule has 4 rings (SSSR count). The number of hydrogen-bond acceptors (Lipinski definition) is 5. The Hall–Kier alpha value is -2.60. The van der Waals surface area contributed by atoms with E-state index in [9.17, 15) is 4.79 Å². The first-order valence-electron chi connectivity index (χ1n) is 8.76. The number of carbonyl (C=O) groups excluding carboxylic acids is 1. The van der Waals surface area contributed by atoms with Crippen molar-refractivity contribution in [3.05, 3.63) is 64.0 Å². The second kappa shape index (κ2) is 7.33. The molecule has 0 spiro atoms. The molecular formula is C20H20N4OS. The van der Waals surface area contributed by atoms with Crippen molar-refractivity contribution in [1.82, 2.24) is 20.3 Å². The number of amides is 1. The highest BCUT2D eigenvalue weighted by Gasteiger charge is 2.25. The molecule has 26 heavy (non-hydrogen) atoms. The number of thiazole rings is 1. The number of benzene rings is 1. The van der Waals surface area contributed by atoms with Crippen molar-refractivity contribution < 1.29 is 4.79 Å². The van der Waals surface area contributed by atoms with Crippen molar-refractivity contribution in [3.8, 4) is 11.3 Å². The lowest BCUT2D eigenvalue weighted by atomic mass is 9.87. The van der Waals surface area contributed by atoms with E-state index in [1.165, 1.54) is 0 Å². The average molecular weight is 364 g/mol. The Kier molecular flexibility index (Phi) is 4.75. The Balaban J connectivity index is 1.39. The van der Waals surface area contributed by atoms with Crippen LogP contribution in [-0.4, -0.2) is 20.9 Å². The van der Waals surface area contributed by atoms with E-state index in [-0.39, 0.29) is 11.8 Å². The molecule has 132 valence electrons. The maximum absolute atomic E-state index is 12.6. The fourth-order valence-corrected chi connectivity index (χ4v) is 3.97. The molecule has 1 amide bonds. The summed E-state index contributed by atoms with van der Waals surface area (Å²) in [6, 6.07) is 8.20. The van der Waals surface area contributed by atoms with Gasteiger partial charge in [0.25, 0.3) is 0 Å². The molecule has 5 nitrogen and oxygen atoms in total. The third-order valence-corrected chi connectivity index (χ3v) is 5.53. The molecule has 6 heteroatoms. The van der Waals surface area contributed by atoms with Gasteiger partial charge in [0.1, 0.15) is 6.33 Å². The molecule has 0 saturated heterocycles. The monoisotopic (exact) mass is 364 g/mol. The summed E-state index contributed by atoms with van der Waals surface area (Å²) < 4.78 is 0. The van der Waals surface area contributed by atoms with Gasteiger partial charge < -0.3 is 5.32 Å². The highest BCUT2D eigenvalue weighted by Crippen LogP contribution is 2.24. The van der Waals surface area contributed by atoms with Gasteiger partial charge in [-0.05, 0) is 43.4 Å². The summed E-state index contributed by atoms with van der Waals surface area (Å²) in [7, 11) is 0. The van der Waals surface area contributed by atoms with Crippen molar-refractivity contribution in [1.29, 1.82) is 0 Å². The van der Waals surface area contributed by atoms with Crippen molar-refractivity contribution in [2.45, 2.75) is 32.7 Å². The van der Waals surface area contributed by atoms with Crippen LogP contribution in [0.15, 0.2) is 42.2 Å². The van der Waals surface area contributed by atoms with E-state index >= 15 is 0 Å². The van der Waals surface area contributed by atoms with Crippen LogP contribution in [0.1, 0.15) is 28.2 Å². The number of aryl methyl sites for hydroxylation is 2. The van der Waals surface area contributed by atoms with Crippen LogP contribution in [0.3, 0.4) is 0 Å². The van der Waals surface area contributed by atoms with Crippen LogP contribution in [0.25, 0.3) is 11.3 Å². The zero-order chi connectivity index (χ0) is 17.9. The van der Waals surface area contributed by atoms with Crippen LogP contribution in [-0.2, 0) is 24.2 Å². The highest BCUT2D eigenvalue weighted by molar-refractivity contribution is 7.09. The summed E-state index contributed by atoms with van der Waals surface area (Å²) in [4.78, 5) is 25.5. The van der Waals surface area contributed by atoms with Crippen molar-refractivity contribution in [2.75, 3.05) is 0 Å². The van der Waals surface area contributed by atoms with Gasteiger partial charge in [0.15, 0.2) is 0 Å². The van der Waals surface area contributed by atoms with E-state index in [2.05, 4.69) is 37.8 Å². The van der Waals surface area contributed by atoms with E-state index in [0.717, 1.165) is 52.3 Å². The third-order valence-electron chi connectivity index (χ3n) is 4.76. The largest absolute Gasteiger partial charge is 0.352 e. The van der Waals surface area contributed by atoms with Crippen molar-refractivity contribution >= 4 is 17.2 Å². The third kappa shape index (κ3) is 3.65. The van der Waals surface area contributed by atoms with E-state index < -0.39 is 0 Å². The molecule has 1 aliphatic rings. The first-order valence-corrected chi connectivity index (χ1v) is 9.64. The summed E-state index contributed by atoms with van der Waals surface area (Å²) in [5.74, 6) is 0.104. The van der Waals surface area contributed by atoms with Gasteiger partial charge in [0.05, 0.1) is 10.7 Å². The molecule has 0 saturated carbocycles. The lowest BCUT2D eigenvalue weighted by Crippen LogP contribution is -2.34. The molecule has 1 N–H and O–H groups in total. The van der Waals surface area contributed by atoms with Gasteiger partial charge in [0.2, 0.25) is 5.91 Å². The number of rotatable bonds is 4. The van der Waals surface area contributed by atoms with Gasteiger partial charge in [-0.1, -0.05) is 18.2 Å². The number of nitrogens with zero attached hydrogens (tertiary/aromatic N) is 3. The first kappa shape index (κ1) is 16.8. The average Bonchev–Trinajstić information content (AvgIpc) is 3.12. The van der Waals surface area contributed by atoms with Crippen LogP contribution < -0.4 is 5.32 Å². The minimum absolute atomic E-state index is 0.00197. The number of fused-ring (bicyclic) bond motifs is 1. The molecule has 0 bridgehead atoms. The standard InChI is InChI=1S/C20H20N4OS/c1-13-24-19(11-26-13)15-4-2-3-14(7-15)9-22-20(25)16-5-6-18-17(8-16)10-21-12-23-18/h2-4,7,10-12,16H,5-6,8-9H2,1H3,(H,22,25). The second-order valence-electron chi connectivity index (χ2n) is 6.60. The molecule has 0 radical (unpaired) electrons. The summed E-state index contributed by atoms with van der Waals surface area (Å²) in [6.07, 6.45) is 5.82. The van der Waals surface area contributed by atoms with E-state index in [1.807, 2.05) is 25.3 Å². The SMILES string of the molecule is Cc1nc(-c2cccc(CNC(=O)C3CCc4ncncc4C3)c2)cs1. The topological polar surface area (TPSA) is 67.8 Å². The molecule has 0 fully saturated rings. The van der Waals surface area contributed by atoms with Gasteiger partial charge in [-0.2, -0.15) is 0 Å². The first-order chi connectivity index (χ1) is 12.7. The number of nitrogens with one attached hydrogen (secondary N) is 1. The fraction of sp³-hybridized carbons (Fsp3) is 0.300. The van der Waals surface area contributed by atoms with Crippen molar-refractivity contribution in [3.63, 3.8) is 0 Å². The number of aromatic nitrogens is 3. The van der Waals surface area contributed by atoms with Gasteiger partial charge >= 0.3 is 0 Å². The second-order valence-corrected chi connectivity index (χ2v) is 7.67. The Bertz CT molecular complexity index is 937. The smallest absolute Gasteiger partial charge is 0.223 e. The van der Waals surface area contributed by atoms with Crippen LogP contribution in [0, 0.1) is 12.8 Å². The van der Waals surface area contributed by atoms with Crippen LogP contribution in [0.2, 0.25) is 0 Å². The van der Waals surface area contributed by atoms with Gasteiger partial charge in [0, 0.05) is 35.3 Å². The Morgan fingerprint density at radius 1 is 1.38 bits per heavy atom. The predicted octanol–water partition coefficient (Wildman–Crippen LogP) is 3.33. The minimum atomic E-state index is -0.00197. The quantitative estimate of drug-likeness (QED) is 0.771. The molecule has 2 aromatic heterocycles. The summed E-state index contributed by atoms with van der Waals surface area (Å²) >= 11 is 1.65. The van der Waals surface area contributed by atoms with Crippen LogP contribution in [0.5, 0.6) is 0 Å². The molecule has 2 heterocycles. The minimum Gasteiger partial charge on any atom is -0.352 e.